The van der Waals surface area contributed by atoms with Crippen molar-refractivity contribution in [1.29, 1.82) is 0 Å². The van der Waals surface area contributed by atoms with Gasteiger partial charge in [-0.2, -0.15) is 0 Å². The predicted octanol–water partition coefficient (Wildman–Crippen LogP) is 2.59. The van der Waals surface area contributed by atoms with E-state index in [2.05, 4.69) is 10.3 Å². The third kappa shape index (κ3) is 2.08. The SMILES string of the molecule is Cc1ccc(F)cc1-n1nnc(N)c1C(C)(C)C. The Bertz CT molecular complexity index is 581. The molecule has 0 fully saturated rings. The van der Waals surface area contributed by atoms with Gasteiger partial charge in [-0.25, -0.2) is 9.07 Å². The molecule has 0 aliphatic carbocycles. The first-order valence-electron chi connectivity index (χ1n) is 5.79. The summed E-state index contributed by atoms with van der Waals surface area (Å²) in [6, 6.07) is 4.59. The van der Waals surface area contributed by atoms with Crippen molar-refractivity contribution in [2.45, 2.75) is 33.1 Å². The molecule has 0 saturated heterocycles. The number of benzene rings is 1. The summed E-state index contributed by atoms with van der Waals surface area (Å²) in [6.07, 6.45) is 0. The number of hydrogen-bond donors (Lipinski definition) is 1. The largest absolute Gasteiger partial charge is 0.381 e. The number of aromatic nitrogens is 3. The molecule has 0 radical (unpaired) electrons. The summed E-state index contributed by atoms with van der Waals surface area (Å²) in [5, 5.41) is 7.93. The van der Waals surface area contributed by atoms with Gasteiger partial charge in [-0.3, -0.25) is 0 Å². The zero-order chi connectivity index (χ0) is 13.5. The Morgan fingerprint density at radius 3 is 2.56 bits per heavy atom. The topological polar surface area (TPSA) is 56.7 Å². The number of hydrogen-bond acceptors (Lipinski definition) is 3. The molecule has 18 heavy (non-hydrogen) atoms. The maximum atomic E-state index is 13.4. The normalized spacial score (nSPS) is 11.8. The van der Waals surface area contributed by atoms with E-state index in [1.54, 1.807) is 10.7 Å². The number of rotatable bonds is 1. The van der Waals surface area contributed by atoms with Crippen molar-refractivity contribution in [1.82, 2.24) is 15.0 Å². The van der Waals surface area contributed by atoms with E-state index in [0.29, 0.717) is 11.5 Å². The van der Waals surface area contributed by atoms with Crippen LogP contribution < -0.4 is 5.73 Å². The average Bonchev–Trinajstić information content (AvgIpc) is 2.63. The molecule has 2 N–H and O–H groups in total. The van der Waals surface area contributed by atoms with Crippen molar-refractivity contribution in [3.8, 4) is 5.69 Å². The van der Waals surface area contributed by atoms with Gasteiger partial charge >= 0.3 is 0 Å². The van der Waals surface area contributed by atoms with Crippen LogP contribution in [0.25, 0.3) is 5.69 Å². The maximum Gasteiger partial charge on any atom is 0.170 e. The molecule has 0 unspecified atom stereocenters. The van der Waals surface area contributed by atoms with E-state index in [-0.39, 0.29) is 11.2 Å². The van der Waals surface area contributed by atoms with Crippen LogP contribution in [0.4, 0.5) is 10.2 Å². The zero-order valence-corrected chi connectivity index (χ0v) is 11.0. The number of nitrogen functional groups attached to an aromatic ring is 1. The molecule has 2 rings (SSSR count). The molecule has 96 valence electrons. The van der Waals surface area contributed by atoms with Gasteiger partial charge in [-0.1, -0.05) is 32.1 Å². The Morgan fingerprint density at radius 2 is 1.94 bits per heavy atom. The van der Waals surface area contributed by atoms with E-state index in [1.807, 2.05) is 27.7 Å². The summed E-state index contributed by atoms with van der Waals surface area (Å²) in [5.41, 5.74) is 8.03. The monoisotopic (exact) mass is 248 g/mol. The first-order valence-corrected chi connectivity index (χ1v) is 5.79. The van der Waals surface area contributed by atoms with E-state index >= 15 is 0 Å². The van der Waals surface area contributed by atoms with Crippen molar-refractivity contribution in [3.63, 3.8) is 0 Å². The standard InChI is InChI=1S/C13H17FN4/c1-8-5-6-9(14)7-10(8)18-11(13(2,3)4)12(15)16-17-18/h5-7H,15H2,1-4H3. The molecule has 1 aromatic heterocycles. The van der Waals surface area contributed by atoms with Crippen molar-refractivity contribution in [2.24, 2.45) is 0 Å². The summed E-state index contributed by atoms with van der Waals surface area (Å²) in [5.74, 6) is 0.0793. The van der Waals surface area contributed by atoms with Crippen LogP contribution in [0.1, 0.15) is 32.0 Å². The minimum Gasteiger partial charge on any atom is -0.381 e. The van der Waals surface area contributed by atoms with Gasteiger partial charge in [0.15, 0.2) is 5.82 Å². The Kier molecular flexibility index (Phi) is 2.84. The minimum atomic E-state index is -0.301. The Hall–Kier alpha value is -1.91. The van der Waals surface area contributed by atoms with Gasteiger partial charge in [-0.15, -0.1) is 5.10 Å². The van der Waals surface area contributed by atoms with Crippen LogP contribution in [-0.2, 0) is 5.41 Å². The van der Waals surface area contributed by atoms with Crippen LogP contribution >= 0.6 is 0 Å². The fourth-order valence-corrected chi connectivity index (χ4v) is 1.97. The molecule has 0 atom stereocenters. The second kappa shape index (κ2) is 4.08. The fraction of sp³-hybridized carbons (Fsp3) is 0.385. The summed E-state index contributed by atoms with van der Waals surface area (Å²) in [7, 11) is 0. The van der Waals surface area contributed by atoms with Crippen LogP contribution in [0.5, 0.6) is 0 Å². The first kappa shape index (κ1) is 12.5. The highest BCUT2D eigenvalue weighted by atomic mass is 19.1. The van der Waals surface area contributed by atoms with Gasteiger partial charge in [-0.05, 0) is 24.6 Å². The van der Waals surface area contributed by atoms with Crippen molar-refractivity contribution in [2.75, 3.05) is 5.73 Å². The smallest absolute Gasteiger partial charge is 0.170 e. The van der Waals surface area contributed by atoms with Crippen LogP contribution in [0, 0.1) is 12.7 Å². The quantitative estimate of drug-likeness (QED) is 0.844. The molecule has 0 aliphatic rings. The molecule has 2 aromatic rings. The first-order chi connectivity index (χ1) is 8.30. The van der Waals surface area contributed by atoms with E-state index in [1.165, 1.54) is 12.1 Å². The van der Waals surface area contributed by atoms with Crippen molar-refractivity contribution >= 4 is 5.82 Å². The molecule has 5 heteroatoms. The van der Waals surface area contributed by atoms with Gasteiger partial charge in [0.05, 0.1) is 11.4 Å². The lowest BCUT2D eigenvalue weighted by Gasteiger charge is -2.20. The average molecular weight is 248 g/mol. The number of anilines is 1. The summed E-state index contributed by atoms with van der Waals surface area (Å²) in [4.78, 5) is 0. The fourth-order valence-electron chi connectivity index (χ4n) is 1.97. The number of aryl methyl sites for hydroxylation is 1. The Balaban J connectivity index is 2.69. The molecule has 0 spiro atoms. The number of nitrogens with two attached hydrogens (primary N) is 1. The molecule has 1 heterocycles. The van der Waals surface area contributed by atoms with Crippen LogP contribution in [0.2, 0.25) is 0 Å². The second-order valence-electron chi connectivity index (χ2n) is 5.42. The maximum absolute atomic E-state index is 13.4. The van der Waals surface area contributed by atoms with Gasteiger partial charge in [0, 0.05) is 5.41 Å². The molecule has 0 amide bonds. The van der Waals surface area contributed by atoms with Gasteiger partial charge in [0.25, 0.3) is 0 Å². The minimum absolute atomic E-state index is 0.216. The summed E-state index contributed by atoms with van der Waals surface area (Å²) < 4.78 is 15.0. The van der Waals surface area contributed by atoms with Crippen molar-refractivity contribution < 1.29 is 4.39 Å². The lowest BCUT2D eigenvalue weighted by atomic mass is 9.91. The van der Waals surface area contributed by atoms with Gasteiger partial charge in [0.2, 0.25) is 0 Å². The number of nitrogens with zero attached hydrogens (tertiary/aromatic N) is 3. The molecule has 0 aliphatic heterocycles. The third-order valence-corrected chi connectivity index (χ3v) is 2.81. The van der Waals surface area contributed by atoms with Gasteiger partial charge in [0.1, 0.15) is 5.82 Å². The molecular formula is C13H17FN4. The van der Waals surface area contributed by atoms with Crippen LogP contribution in [0.15, 0.2) is 18.2 Å². The molecule has 0 saturated carbocycles. The highest BCUT2D eigenvalue weighted by molar-refractivity contribution is 5.47. The zero-order valence-electron chi connectivity index (χ0n) is 11.0. The van der Waals surface area contributed by atoms with E-state index in [4.69, 9.17) is 5.73 Å². The Labute approximate surface area is 106 Å². The second-order valence-corrected chi connectivity index (χ2v) is 5.42. The van der Waals surface area contributed by atoms with Crippen LogP contribution in [-0.4, -0.2) is 15.0 Å². The van der Waals surface area contributed by atoms with E-state index in [9.17, 15) is 4.39 Å². The predicted molar refractivity (Wildman–Crippen MR) is 69.2 cm³/mol. The summed E-state index contributed by atoms with van der Waals surface area (Å²) >= 11 is 0. The lowest BCUT2D eigenvalue weighted by Crippen LogP contribution is -2.19. The Morgan fingerprint density at radius 1 is 1.28 bits per heavy atom. The van der Waals surface area contributed by atoms with Gasteiger partial charge < -0.3 is 5.73 Å². The summed E-state index contributed by atoms with van der Waals surface area (Å²) in [6.45, 7) is 7.96. The molecule has 4 nitrogen and oxygen atoms in total. The molecular weight excluding hydrogens is 231 g/mol. The van der Waals surface area contributed by atoms with Crippen molar-refractivity contribution in [3.05, 3.63) is 35.3 Å². The van der Waals surface area contributed by atoms with E-state index in [0.717, 1.165) is 11.3 Å². The molecule has 0 bridgehead atoms. The highest BCUT2D eigenvalue weighted by Gasteiger charge is 2.25. The lowest BCUT2D eigenvalue weighted by molar-refractivity contribution is 0.542. The number of halogens is 1. The van der Waals surface area contributed by atoms with E-state index < -0.39 is 0 Å². The van der Waals surface area contributed by atoms with Crippen LogP contribution in [0.3, 0.4) is 0 Å². The third-order valence-electron chi connectivity index (χ3n) is 2.81. The molecule has 1 aromatic carbocycles. The highest BCUT2D eigenvalue weighted by Crippen LogP contribution is 2.29.